The number of aromatic nitrogens is 1. The summed E-state index contributed by atoms with van der Waals surface area (Å²) < 4.78 is 0. The van der Waals surface area contributed by atoms with Crippen molar-refractivity contribution in [2.24, 2.45) is 0 Å². The normalized spacial score (nSPS) is 12.7. The molecule has 1 N–H and O–H groups in total. The lowest BCUT2D eigenvalue weighted by Crippen LogP contribution is -2.32. The Morgan fingerprint density at radius 3 is 2.72 bits per heavy atom. The summed E-state index contributed by atoms with van der Waals surface area (Å²) in [7, 11) is 0. The van der Waals surface area contributed by atoms with Gasteiger partial charge < -0.3 is 5.32 Å². The molecule has 0 amide bonds. The average Bonchev–Trinajstić information content (AvgIpc) is 2.42. The van der Waals surface area contributed by atoms with Crippen LogP contribution in [0.1, 0.15) is 46.2 Å². The molecular formula is C15H27N3. The molecule has 0 saturated carbocycles. The van der Waals surface area contributed by atoms with Gasteiger partial charge in [0.25, 0.3) is 0 Å². The first-order valence-corrected chi connectivity index (χ1v) is 7.14. The Morgan fingerprint density at radius 1 is 1.33 bits per heavy atom. The molecule has 0 fully saturated rings. The SMILES string of the molecule is CCCNc1ccnc(CN(CC)C(C)CC)c1. The van der Waals surface area contributed by atoms with E-state index in [1.165, 1.54) is 12.1 Å². The van der Waals surface area contributed by atoms with Crippen LogP contribution in [-0.4, -0.2) is 29.0 Å². The van der Waals surface area contributed by atoms with Gasteiger partial charge in [0.05, 0.1) is 5.69 Å². The fraction of sp³-hybridized carbons (Fsp3) is 0.667. The van der Waals surface area contributed by atoms with Gasteiger partial charge in [0, 0.05) is 31.0 Å². The second-order valence-corrected chi connectivity index (χ2v) is 4.78. The van der Waals surface area contributed by atoms with Crippen LogP contribution in [0.3, 0.4) is 0 Å². The van der Waals surface area contributed by atoms with E-state index < -0.39 is 0 Å². The molecule has 1 aromatic heterocycles. The molecule has 0 spiro atoms. The number of pyridine rings is 1. The minimum atomic E-state index is 0.615. The van der Waals surface area contributed by atoms with Crippen LogP contribution >= 0.6 is 0 Å². The van der Waals surface area contributed by atoms with Gasteiger partial charge in [-0.1, -0.05) is 20.8 Å². The first kappa shape index (κ1) is 15.0. The summed E-state index contributed by atoms with van der Waals surface area (Å²) >= 11 is 0. The Morgan fingerprint density at radius 2 is 2.11 bits per heavy atom. The predicted octanol–water partition coefficient (Wildman–Crippen LogP) is 3.52. The highest BCUT2D eigenvalue weighted by Crippen LogP contribution is 2.12. The highest BCUT2D eigenvalue weighted by Gasteiger charge is 2.11. The monoisotopic (exact) mass is 249 g/mol. The minimum Gasteiger partial charge on any atom is -0.385 e. The number of nitrogens with zero attached hydrogens (tertiary/aromatic N) is 2. The van der Waals surface area contributed by atoms with Crippen molar-refractivity contribution in [2.45, 2.75) is 53.1 Å². The van der Waals surface area contributed by atoms with E-state index in [4.69, 9.17) is 0 Å². The molecule has 3 nitrogen and oxygen atoms in total. The van der Waals surface area contributed by atoms with Crippen molar-refractivity contribution < 1.29 is 0 Å². The van der Waals surface area contributed by atoms with Gasteiger partial charge in [-0.15, -0.1) is 0 Å². The Bertz CT molecular complexity index is 338. The van der Waals surface area contributed by atoms with E-state index in [0.29, 0.717) is 6.04 Å². The van der Waals surface area contributed by atoms with Gasteiger partial charge in [-0.25, -0.2) is 0 Å². The molecule has 0 radical (unpaired) electrons. The fourth-order valence-corrected chi connectivity index (χ4v) is 1.99. The van der Waals surface area contributed by atoms with E-state index in [0.717, 1.165) is 31.7 Å². The van der Waals surface area contributed by atoms with Crippen LogP contribution in [-0.2, 0) is 6.54 Å². The summed E-state index contributed by atoms with van der Waals surface area (Å²) in [6.07, 6.45) is 4.23. The zero-order valence-electron chi connectivity index (χ0n) is 12.2. The van der Waals surface area contributed by atoms with Gasteiger partial charge in [0.15, 0.2) is 0 Å². The number of hydrogen-bond donors (Lipinski definition) is 1. The lowest BCUT2D eigenvalue weighted by atomic mass is 10.2. The summed E-state index contributed by atoms with van der Waals surface area (Å²) in [5.74, 6) is 0. The average molecular weight is 249 g/mol. The van der Waals surface area contributed by atoms with Gasteiger partial charge in [-0.3, -0.25) is 9.88 Å². The largest absolute Gasteiger partial charge is 0.385 e. The van der Waals surface area contributed by atoms with E-state index in [1.807, 2.05) is 12.3 Å². The van der Waals surface area contributed by atoms with Crippen LogP contribution in [0.2, 0.25) is 0 Å². The highest BCUT2D eigenvalue weighted by molar-refractivity contribution is 5.43. The standard InChI is InChI=1S/C15H27N3/c1-5-9-16-14-8-10-17-15(11-14)12-18(7-3)13(4)6-2/h8,10-11,13H,5-7,9,12H2,1-4H3,(H,16,17). The fourth-order valence-electron chi connectivity index (χ4n) is 1.99. The summed E-state index contributed by atoms with van der Waals surface area (Å²) in [5.41, 5.74) is 2.33. The highest BCUT2D eigenvalue weighted by atomic mass is 15.1. The summed E-state index contributed by atoms with van der Waals surface area (Å²) in [6.45, 7) is 11.9. The Labute approximate surface area is 112 Å². The van der Waals surface area contributed by atoms with Gasteiger partial charge in [-0.05, 0) is 38.4 Å². The molecule has 0 aliphatic rings. The van der Waals surface area contributed by atoms with Crippen LogP contribution in [0.5, 0.6) is 0 Å². The molecule has 1 rings (SSSR count). The molecule has 1 aromatic rings. The molecule has 102 valence electrons. The van der Waals surface area contributed by atoms with Crippen LogP contribution in [0.25, 0.3) is 0 Å². The molecule has 1 unspecified atom stereocenters. The van der Waals surface area contributed by atoms with Crippen molar-refractivity contribution in [2.75, 3.05) is 18.4 Å². The maximum absolute atomic E-state index is 4.47. The van der Waals surface area contributed by atoms with Gasteiger partial charge in [-0.2, -0.15) is 0 Å². The molecule has 0 aliphatic carbocycles. The third-order valence-corrected chi connectivity index (χ3v) is 3.38. The van der Waals surface area contributed by atoms with Crippen LogP contribution < -0.4 is 5.32 Å². The number of rotatable bonds is 8. The Balaban J connectivity index is 2.65. The maximum Gasteiger partial charge on any atom is 0.0564 e. The second-order valence-electron chi connectivity index (χ2n) is 4.78. The summed E-state index contributed by atoms with van der Waals surface area (Å²) in [5, 5.41) is 3.41. The van der Waals surface area contributed by atoms with Crippen molar-refractivity contribution in [1.82, 2.24) is 9.88 Å². The molecular weight excluding hydrogens is 222 g/mol. The molecule has 18 heavy (non-hydrogen) atoms. The lowest BCUT2D eigenvalue weighted by Gasteiger charge is -2.26. The van der Waals surface area contributed by atoms with E-state index in [2.05, 4.69) is 49.0 Å². The maximum atomic E-state index is 4.47. The zero-order chi connectivity index (χ0) is 13.4. The topological polar surface area (TPSA) is 28.2 Å². The van der Waals surface area contributed by atoms with E-state index in [1.54, 1.807) is 0 Å². The first-order chi connectivity index (χ1) is 8.71. The van der Waals surface area contributed by atoms with E-state index >= 15 is 0 Å². The van der Waals surface area contributed by atoms with Crippen molar-refractivity contribution in [3.63, 3.8) is 0 Å². The van der Waals surface area contributed by atoms with Crippen LogP contribution in [0.4, 0.5) is 5.69 Å². The molecule has 0 bridgehead atoms. The van der Waals surface area contributed by atoms with Gasteiger partial charge in [0.1, 0.15) is 0 Å². The molecule has 0 aromatic carbocycles. The van der Waals surface area contributed by atoms with Crippen molar-refractivity contribution >= 4 is 5.69 Å². The Kier molecular flexibility index (Phi) is 6.73. The number of anilines is 1. The first-order valence-electron chi connectivity index (χ1n) is 7.14. The van der Waals surface area contributed by atoms with E-state index in [9.17, 15) is 0 Å². The van der Waals surface area contributed by atoms with Crippen molar-refractivity contribution in [3.8, 4) is 0 Å². The van der Waals surface area contributed by atoms with Gasteiger partial charge >= 0.3 is 0 Å². The second kappa shape index (κ2) is 8.09. The molecule has 1 atom stereocenters. The third kappa shape index (κ3) is 4.65. The quantitative estimate of drug-likeness (QED) is 0.764. The van der Waals surface area contributed by atoms with Gasteiger partial charge in [0.2, 0.25) is 0 Å². The smallest absolute Gasteiger partial charge is 0.0564 e. The minimum absolute atomic E-state index is 0.615. The number of hydrogen-bond acceptors (Lipinski definition) is 3. The zero-order valence-corrected chi connectivity index (χ0v) is 12.2. The van der Waals surface area contributed by atoms with Crippen molar-refractivity contribution in [3.05, 3.63) is 24.0 Å². The Hall–Kier alpha value is -1.09. The third-order valence-electron chi connectivity index (χ3n) is 3.38. The summed E-state index contributed by atoms with van der Waals surface area (Å²) in [6, 6.07) is 4.82. The molecule has 3 heteroatoms. The van der Waals surface area contributed by atoms with Crippen LogP contribution in [0.15, 0.2) is 18.3 Å². The number of nitrogens with one attached hydrogen (secondary N) is 1. The molecule has 0 aliphatic heterocycles. The molecule has 1 heterocycles. The summed E-state index contributed by atoms with van der Waals surface area (Å²) in [4.78, 5) is 6.93. The molecule has 0 saturated heterocycles. The van der Waals surface area contributed by atoms with E-state index in [-0.39, 0.29) is 0 Å². The lowest BCUT2D eigenvalue weighted by molar-refractivity contribution is 0.203. The van der Waals surface area contributed by atoms with Crippen LogP contribution in [0, 0.1) is 0 Å². The predicted molar refractivity (Wildman–Crippen MR) is 78.9 cm³/mol. The van der Waals surface area contributed by atoms with Crippen molar-refractivity contribution in [1.29, 1.82) is 0 Å².